The Morgan fingerprint density at radius 1 is 1.03 bits per heavy atom. The number of hydrogen-bond acceptors (Lipinski definition) is 4. The monoisotopic (exact) mass is 559 g/mol. The van der Waals surface area contributed by atoms with E-state index in [2.05, 4.69) is 27.8 Å². The standard InChI is InChI=1S/C23H30ClN3O3.HI/c1-25-22(27-15-23(11-12-23)17-6-5-7-18(24)14-17)26-13-10-16-8-9-19(28-2)21(30-4)20(16)29-3;/h5-9,14H,10-13,15H2,1-4H3,(H2,25,26,27);1H. The summed E-state index contributed by atoms with van der Waals surface area (Å²) in [5.74, 6) is 2.73. The van der Waals surface area contributed by atoms with Crippen LogP contribution in [0.4, 0.5) is 0 Å². The van der Waals surface area contributed by atoms with Gasteiger partial charge >= 0.3 is 0 Å². The highest BCUT2D eigenvalue weighted by atomic mass is 127. The average molecular weight is 560 g/mol. The van der Waals surface area contributed by atoms with Gasteiger partial charge < -0.3 is 24.8 Å². The Kier molecular flexibility index (Phi) is 9.55. The lowest BCUT2D eigenvalue weighted by atomic mass is 9.96. The minimum Gasteiger partial charge on any atom is -0.493 e. The summed E-state index contributed by atoms with van der Waals surface area (Å²) < 4.78 is 16.4. The average Bonchev–Trinajstić information content (AvgIpc) is 3.56. The van der Waals surface area contributed by atoms with E-state index < -0.39 is 0 Å². The van der Waals surface area contributed by atoms with Gasteiger partial charge in [-0.05, 0) is 43.0 Å². The van der Waals surface area contributed by atoms with Crippen LogP contribution in [0.3, 0.4) is 0 Å². The highest BCUT2D eigenvalue weighted by Gasteiger charge is 2.44. The van der Waals surface area contributed by atoms with E-state index in [9.17, 15) is 0 Å². The second-order valence-corrected chi connectivity index (χ2v) is 7.82. The normalized spacial score (nSPS) is 14.3. The molecule has 0 bridgehead atoms. The Morgan fingerprint density at radius 2 is 1.77 bits per heavy atom. The van der Waals surface area contributed by atoms with Gasteiger partial charge in [0.05, 0.1) is 21.3 Å². The number of nitrogens with zero attached hydrogens (tertiary/aromatic N) is 1. The number of ether oxygens (including phenoxy) is 3. The minimum atomic E-state index is 0. The zero-order valence-corrected chi connectivity index (χ0v) is 21.5. The Labute approximate surface area is 206 Å². The van der Waals surface area contributed by atoms with Crippen molar-refractivity contribution >= 4 is 41.5 Å². The van der Waals surface area contributed by atoms with Crippen LogP contribution in [0.15, 0.2) is 41.4 Å². The van der Waals surface area contributed by atoms with Gasteiger partial charge in [-0.3, -0.25) is 4.99 Å². The molecule has 0 unspecified atom stereocenters. The van der Waals surface area contributed by atoms with Crippen molar-refractivity contribution in [2.45, 2.75) is 24.7 Å². The van der Waals surface area contributed by atoms with Crippen molar-refractivity contribution in [2.24, 2.45) is 4.99 Å². The van der Waals surface area contributed by atoms with Gasteiger partial charge in [-0.15, -0.1) is 24.0 Å². The van der Waals surface area contributed by atoms with Gasteiger partial charge in [0, 0.05) is 36.1 Å². The lowest BCUT2D eigenvalue weighted by Crippen LogP contribution is -2.42. The summed E-state index contributed by atoms with van der Waals surface area (Å²) in [6.45, 7) is 1.53. The Hall–Kier alpha value is -1.87. The molecule has 0 aromatic heterocycles. The van der Waals surface area contributed by atoms with Crippen LogP contribution in [0.25, 0.3) is 0 Å². The maximum absolute atomic E-state index is 6.18. The van der Waals surface area contributed by atoms with Crippen molar-refractivity contribution in [3.8, 4) is 17.2 Å². The number of guanidine groups is 1. The fourth-order valence-electron chi connectivity index (χ4n) is 3.69. The molecule has 0 radical (unpaired) electrons. The predicted molar refractivity (Wildman–Crippen MR) is 137 cm³/mol. The third-order valence-corrected chi connectivity index (χ3v) is 5.82. The smallest absolute Gasteiger partial charge is 0.203 e. The van der Waals surface area contributed by atoms with Gasteiger partial charge in [0.2, 0.25) is 5.75 Å². The molecule has 31 heavy (non-hydrogen) atoms. The van der Waals surface area contributed by atoms with Crippen LogP contribution in [0.1, 0.15) is 24.0 Å². The second-order valence-electron chi connectivity index (χ2n) is 7.39. The van der Waals surface area contributed by atoms with Crippen LogP contribution in [0.5, 0.6) is 17.2 Å². The number of nitrogens with one attached hydrogen (secondary N) is 2. The van der Waals surface area contributed by atoms with E-state index in [4.69, 9.17) is 25.8 Å². The summed E-state index contributed by atoms with van der Waals surface area (Å²) in [6.07, 6.45) is 3.06. The van der Waals surface area contributed by atoms with E-state index in [0.29, 0.717) is 23.8 Å². The fraction of sp³-hybridized carbons (Fsp3) is 0.435. The molecule has 1 aliphatic rings. The molecule has 2 N–H and O–H groups in total. The van der Waals surface area contributed by atoms with Crippen LogP contribution in [-0.4, -0.2) is 47.4 Å². The van der Waals surface area contributed by atoms with Crippen LogP contribution >= 0.6 is 35.6 Å². The third-order valence-electron chi connectivity index (χ3n) is 5.58. The molecule has 1 saturated carbocycles. The van der Waals surface area contributed by atoms with Crippen molar-refractivity contribution in [3.05, 3.63) is 52.5 Å². The lowest BCUT2D eigenvalue weighted by Gasteiger charge is -2.20. The second kappa shape index (κ2) is 11.7. The molecule has 3 rings (SSSR count). The number of hydrogen-bond donors (Lipinski definition) is 2. The molecular formula is C23H31ClIN3O3. The molecule has 170 valence electrons. The van der Waals surface area contributed by atoms with Gasteiger partial charge in [0.1, 0.15) is 0 Å². The van der Waals surface area contributed by atoms with Crippen LogP contribution in [0, 0.1) is 0 Å². The van der Waals surface area contributed by atoms with Crippen LogP contribution < -0.4 is 24.8 Å². The van der Waals surface area contributed by atoms with E-state index in [0.717, 1.165) is 42.4 Å². The topological polar surface area (TPSA) is 64.1 Å². The summed E-state index contributed by atoms with van der Waals surface area (Å²) in [5.41, 5.74) is 2.47. The van der Waals surface area contributed by atoms with E-state index in [1.54, 1.807) is 28.4 Å². The van der Waals surface area contributed by atoms with Crippen molar-refractivity contribution in [3.63, 3.8) is 0 Å². The van der Waals surface area contributed by atoms with Crippen molar-refractivity contribution < 1.29 is 14.2 Å². The lowest BCUT2D eigenvalue weighted by molar-refractivity contribution is 0.322. The number of benzene rings is 2. The van der Waals surface area contributed by atoms with Crippen LogP contribution in [-0.2, 0) is 11.8 Å². The number of methoxy groups -OCH3 is 3. The molecule has 2 aromatic carbocycles. The first-order valence-corrected chi connectivity index (χ1v) is 10.4. The molecule has 0 heterocycles. The highest BCUT2D eigenvalue weighted by molar-refractivity contribution is 14.0. The summed E-state index contributed by atoms with van der Waals surface area (Å²) in [5, 5.41) is 7.63. The maximum atomic E-state index is 6.18. The molecule has 0 aliphatic heterocycles. The van der Waals surface area contributed by atoms with E-state index in [1.165, 1.54) is 5.56 Å². The quantitative estimate of drug-likeness (QED) is 0.271. The van der Waals surface area contributed by atoms with Crippen molar-refractivity contribution in [2.75, 3.05) is 41.5 Å². The first-order valence-electron chi connectivity index (χ1n) is 10.1. The SMILES string of the molecule is CN=C(NCCc1ccc(OC)c(OC)c1OC)NCC1(c2cccc(Cl)c2)CC1.I. The predicted octanol–water partition coefficient (Wildman–Crippen LogP) is 4.42. The molecule has 0 spiro atoms. The minimum absolute atomic E-state index is 0. The highest BCUT2D eigenvalue weighted by Crippen LogP contribution is 2.48. The first-order chi connectivity index (χ1) is 14.6. The third kappa shape index (κ3) is 6.10. The summed E-state index contributed by atoms with van der Waals surface area (Å²) >= 11 is 6.18. The van der Waals surface area contributed by atoms with E-state index >= 15 is 0 Å². The Morgan fingerprint density at radius 3 is 2.35 bits per heavy atom. The largest absolute Gasteiger partial charge is 0.493 e. The first kappa shape index (κ1) is 25.4. The van der Waals surface area contributed by atoms with Gasteiger partial charge in [-0.2, -0.15) is 0 Å². The van der Waals surface area contributed by atoms with Gasteiger partial charge in [0.15, 0.2) is 17.5 Å². The molecular weight excluding hydrogens is 529 g/mol. The Balaban J connectivity index is 0.00000341. The molecule has 6 nitrogen and oxygen atoms in total. The van der Waals surface area contributed by atoms with Crippen molar-refractivity contribution in [1.29, 1.82) is 0 Å². The summed E-state index contributed by atoms with van der Waals surface area (Å²) in [4.78, 5) is 4.36. The van der Waals surface area contributed by atoms with Gasteiger partial charge in [-0.25, -0.2) is 0 Å². The summed E-state index contributed by atoms with van der Waals surface area (Å²) in [6, 6.07) is 12.0. The Bertz CT molecular complexity index is 904. The molecule has 0 amide bonds. The molecule has 0 saturated heterocycles. The molecule has 2 aromatic rings. The number of rotatable bonds is 9. The van der Waals surface area contributed by atoms with Crippen molar-refractivity contribution in [1.82, 2.24) is 10.6 Å². The molecule has 8 heteroatoms. The zero-order valence-electron chi connectivity index (χ0n) is 18.5. The van der Waals surface area contributed by atoms with E-state index in [-0.39, 0.29) is 29.4 Å². The molecule has 1 aliphatic carbocycles. The van der Waals surface area contributed by atoms with E-state index in [1.807, 2.05) is 24.3 Å². The molecule has 0 atom stereocenters. The maximum Gasteiger partial charge on any atom is 0.203 e. The van der Waals surface area contributed by atoms with Gasteiger partial charge in [0.25, 0.3) is 0 Å². The van der Waals surface area contributed by atoms with Gasteiger partial charge in [-0.1, -0.05) is 29.8 Å². The van der Waals surface area contributed by atoms with Crippen LogP contribution in [0.2, 0.25) is 5.02 Å². The summed E-state index contributed by atoms with van der Waals surface area (Å²) in [7, 11) is 6.65. The number of aliphatic imine (C=N–C) groups is 1. The number of halogens is 2. The fourth-order valence-corrected chi connectivity index (χ4v) is 3.88. The molecule has 1 fully saturated rings. The zero-order chi connectivity index (χ0) is 21.6.